The molecule has 0 saturated carbocycles. The molecule has 0 aliphatic carbocycles. The Hall–Kier alpha value is -2.90. The normalized spacial score (nSPS) is 11.7. The van der Waals surface area contributed by atoms with Gasteiger partial charge in [-0.3, -0.25) is 0 Å². The molecule has 0 bridgehead atoms. The van der Waals surface area contributed by atoms with Gasteiger partial charge in [0.25, 0.3) is 0 Å². The summed E-state index contributed by atoms with van der Waals surface area (Å²) in [6.45, 7) is 3.54. The number of ether oxygens (including phenoxy) is 1. The maximum absolute atomic E-state index is 12.7. The first-order valence-corrected chi connectivity index (χ1v) is 10.8. The molecule has 0 saturated heterocycles. The number of benzene rings is 2. The van der Waals surface area contributed by atoms with Crippen molar-refractivity contribution in [2.75, 3.05) is 6.61 Å². The van der Waals surface area contributed by atoms with Crippen LogP contribution in [0, 0.1) is 0 Å². The Labute approximate surface area is 182 Å². The first-order valence-electron chi connectivity index (χ1n) is 9.90. The molecule has 0 fully saturated rings. The van der Waals surface area contributed by atoms with Crippen molar-refractivity contribution >= 4 is 22.2 Å². The minimum atomic E-state index is -4.32. The number of aromatic nitrogens is 1. The second-order valence-electron chi connectivity index (χ2n) is 7.09. The van der Waals surface area contributed by atoms with E-state index in [1.165, 1.54) is 12.1 Å². The number of nitrogens with zero attached hydrogens (tertiary/aromatic N) is 1. The number of rotatable bonds is 7. The molecule has 0 unspecified atom stereocenters. The van der Waals surface area contributed by atoms with E-state index in [-0.39, 0.29) is 0 Å². The van der Waals surface area contributed by atoms with E-state index in [0.717, 1.165) is 51.2 Å². The van der Waals surface area contributed by atoms with E-state index in [9.17, 15) is 13.2 Å². The highest BCUT2D eigenvalue weighted by molar-refractivity contribution is 7.08. The van der Waals surface area contributed by atoms with Gasteiger partial charge in [0.15, 0.2) is 0 Å². The molecule has 4 aromatic rings. The highest BCUT2D eigenvalue weighted by Gasteiger charge is 2.29. The van der Waals surface area contributed by atoms with Crippen LogP contribution in [0.3, 0.4) is 0 Å². The summed E-state index contributed by atoms with van der Waals surface area (Å²) in [5, 5.41) is 8.41. The SMILES string of the molecule is CCOc1ccc2cc(CNCc3ccc(C(F)(F)F)cc3)c(-c3ccsc3)nc2c1. The molecule has 1 N–H and O–H groups in total. The van der Waals surface area contributed by atoms with Crippen molar-refractivity contribution < 1.29 is 17.9 Å². The lowest BCUT2D eigenvalue weighted by Gasteiger charge is -2.13. The van der Waals surface area contributed by atoms with E-state index >= 15 is 0 Å². The average molecular weight is 443 g/mol. The number of hydrogen-bond acceptors (Lipinski definition) is 4. The molecular formula is C24H21F3N2OS. The van der Waals surface area contributed by atoms with Crippen molar-refractivity contribution in [2.24, 2.45) is 0 Å². The van der Waals surface area contributed by atoms with Gasteiger partial charge in [-0.05, 0) is 59.8 Å². The van der Waals surface area contributed by atoms with Crippen LogP contribution in [0.4, 0.5) is 13.2 Å². The van der Waals surface area contributed by atoms with Crippen molar-refractivity contribution in [2.45, 2.75) is 26.2 Å². The summed E-state index contributed by atoms with van der Waals surface area (Å²) in [6.07, 6.45) is -4.32. The highest BCUT2D eigenvalue weighted by Crippen LogP contribution is 2.30. The van der Waals surface area contributed by atoms with E-state index in [4.69, 9.17) is 9.72 Å². The quantitative estimate of drug-likeness (QED) is 0.347. The van der Waals surface area contributed by atoms with Crippen LogP contribution in [0.15, 0.2) is 65.4 Å². The molecule has 0 spiro atoms. The number of fused-ring (bicyclic) bond motifs is 1. The Morgan fingerprint density at radius 2 is 1.81 bits per heavy atom. The summed E-state index contributed by atoms with van der Waals surface area (Å²) in [4.78, 5) is 4.89. The first-order chi connectivity index (χ1) is 14.9. The Balaban J connectivity index is 1.56. The van der Waals surface area contributed by atoms with Gasteiger partial charge in [0.05, 0.1) is 23.4 Å². The molecule has 160 valence electrons. The third kappa shape index (κ3) is 5.06. The summed E-state index contributed by atoms with van der Waals surface area (Å²) in [6, 6.07) is 15.2. The van der Waals surface area contributed by atoms with Crippen LogP contribution in [0.5, 0.6) is 5.75 Å². The highest BCUT2D eigenvalue weighted by atomic mass is 32.1. The smallest absolute Gasteiger partial charge is 0.416 e. The van der Waals surface area contributed by atoms with E-state index in [0.29, 0.717) is 19.7 Å². The molecule has 7 heteroatoms. The van der Waals surface area contributed by atoms with Gasteiger partial charge in [-0.1, -0.05) is 12.1 Å². The molecule has 0 atom stereocenters. The van der Waals surface area contributed by atoms with Gasteiger partial charge in [-0.2, -0.15) is 24.5 Å². The number of pyridine rings is 1. The topological polar surface area (TPSA) is 34.1 Å². The van der Waals surface area contributed by atoms with E-state index < -0.39 is 11.7 Å². The van der Waals surface area contributed by atoms with Crippen molar-refractivity contribution in [3.05, 3.63) is 82.0 Å². The van der Waals surface area contributed by atoms with Crippen molar-refractivity contribution in [1.82, 2.24) is 10.3 Å². The van der Waals surface area contributed by atoms with Crippen molar-refractivity contribution in [1.29, 1.82) is 0 Å². The van der Waals surface area contributed by atoms with Gasteiger partial charge < -0.3 is 10.1 Å². The van der Waals surface area contributed by atoms with Crippen LogP contribution in [-0.2, 0) is 19.3 Å². The molecule has 0 aliphatic rings. The van der Waals surface area contributed by atoms with Crippen LogP contribution in [0.1, 0.15) is 23.6 Å². The molecule has 3 nitrogen and oxygen atoms in total. The van der Waals surface area contributed by atoms with E-state index in [1.807, 2.05) is 36.6 Å². The number of hydrogen-bond donors (Lipinski definition) is 1. The van der Waals surface area contributed by atoms with E-state index in [1.54, 1.807) is 11.3 Å². The fourth-order valence-corrected chi connectivity index (χ4v) is 4.02. The summed E-state index contributed by atoms with van der Waals surface area (Å²) in [5.74, 6) is 0.784. The monoisotopic (exact) mass is 442 g/mol. The molecular weight excluding hydrogens is 421 g/mol. The van der Waals surface area contributed by atoms with Gasteiger partial charge in [-0.15, -0.1) is 0 Å². The Kier molecular flexibility index (Phi) is 6.25. The number of alkyl halides is 3. The van der Waals surface area contributed by atoms with Gasteiger partial charge in [0.2, 0.25) is 0 Å². The molecule has 31 heavy (non-hydrogen) atoms. The summed E-state index contributed by atoms with van der Waals surface area (Å²) in [5.41, 5.74) is 3.98. The van der Waals surface area contributed by atoms with Gasteiger partial charge >= 0.3 is 6.18 Å². The third-order valence-corrected chi connectivity index (χ3v) is 5.58. The summed E-state index contributed by atoms with van der Waals surface area (Å²) >= 11 is 1.61. The van der Waals surface area contributed by atoms with Gasteiger partial charge in [0.1, 0.15) is 5.75 Å². The summed E-state index contributed by atoms with van der Waals surface area (Å²) < 4.78 is 43.8. The Bertz CT molecular complexity index is 1160. The predicted octanol–water partition coefficient (Wildman–Crippen LogP) is 6.67. The zero-order chi connectivity index (χ0) is 21.8. The molecule has 2 aromatic carbocycles. The Morgan fingerprint density at radius 3 is 2.48 bits per heavy atom. The second kappa shape index (κ2) is 9.08. The van der Waals surface area contributed by atoms with Crippen LogP contribution in [0.2, 0.25) is 0 Å². The Morgan fingerprint density at radius 1 is 1.00 bits per heavy atom. The zero-order valence-electron chi connectivity index (χ0n) is 16.9. The maximum Gasteiger partial charge on any atom is 0.416 e. The number of halogens is 3. The molecule has 2 heterocycles. The molecule has 0 radical (unpaired) electrons. The molecule has 2 aromatic heterocycles. The zero-order valence-corrected chi connectivity index (χ0v) is 17.7. The molecule has 0 amide bonds. The minimum absolute atomic E-state index is 0.461. The molecule has 0 aliphatic heterocycles. The second-order valence-corrected chi connectivity index (χ2v) is 7.87. The lowest BCUT2D eigenvalue weighted by Crippen LogP contribution is -2.14. The van der Waals surface area contributed by atoms with Crippen LogP contribution in [0.25, 0.3) is 22.2 Å². The van der Waals surface area contributed by atoms with E-state index in [2.05, 4.69) is 16.8 Å². The standard InChI is InChI=1S/C24H21F3N2OS/c1-2-30-21-8-5-17-11-19(23(29-22(17)12-21)18-9-10-31-15-18)14-28-13-16-3-6-20(7-4-16)24(25,26)27/h3-12,15,28H,2,13-14H2,1H3. The number of thiophene rings is 1. The van der Waals surface area contributed by atoms with Crippen LogP contribution >= 0.6 is 11.3 Å². The fraction of sp³-hybridized carbons (Fsp3) is 0.208. The minimum Gasteiger partial charge on any atom is -0.494 e. The lowest BCUT2D eigenvalue weighted by molar-refractivity contribution is -0.137. The van der Waals surface area contributed by atoms with Crippen molar-refractivity contribution in [3.8, 4) is 17.0 Å². The largest absolute Gasteiger partial charge is 0.494 e. The third-order valence-electron chi connectivity index (χ3n) is 4.90. The first kappa shape index (κ1) is 21.3. The van der Waals surface area contributed by atoms with Crippen molar-refractivity contribution in [3.63, 3.8) is 0 Å². The maximum atomic E-state index is 12.7. The van der Waals surface area contributed by atoms with Gasteiger partial charge in [0, 0.05) is 35.5 Å². The lowest BCUT2D eigenvalue weighted by atomic mass is 10.0. The van der Waals surface area contributed by atoms with Gasteiger partial charge in [-0.25, -0.2) is 4.98 Å². The fourth-order valence-electron chi connectivity index (χ4n) is 3.38. The number of nitrogens with one attached hydrogen (secondary N) is 1. The summed E-state index contributed by atoms with van der Waals surface area (Å²) in [7, 11) is 0. The van der Waals surface area contributed by atoms with Crippen LogP contribution in [-0.4, -0.2) is 11.6 Å². The average Bonchev–Trinajstić information content (AvgIpc) is 3.28. The predicted molar refractivity (Wildman–Crippen MR) is 118 cm³/mol. The molecule has 4 rings (SSSR count). The van der Waals surface area contributed by atoms with Crippen LogP contribution < -0.4 is 10.1 Å².